The molecule has 4 nitrogen and oxygen atoms in total. The van der Waals surface area contributed by atoms with Crippen LogP contribution in [-0.2, 0) is 4.79 Å². The smallest absolute Gasteiger partial charge is 0.258 e. The van der Waals surface area contributed by atoms with Crippen LogP contribution >= 0.6 is 0 Å². The molecule has 3 rings (SSSR count). The number of benzene rings is 2. The van der Waals surface area contributed by atoms with Crippen LogP contribution in [0.15, 0.2) is 42.5 Å². The van der Waals surface area contributed by atoms with Crippen LogP contribution in [0.25, 0.3) is 0 Å². The molecule has 0 spiro atoms. The molecule has 0 aliphatic heterocycles. The fourth-order valence-corrected chi connectivity index (χ4v) is 2.88. The Morgan fingerprint density at radius 3 is 2.36 bits per heavy atom. The fourth-order valence-electron chi connectivity index (χ4n) is 2.88. The van der Waals surface area contributed by atoms with Crippen LogP contribution in [0.3, 0.4) is 0 Å². The molecule has 2 aromatic rings. The van der Waals surface area contributed by atoms with Gasteiger partial charge in [-0.3, -0.25) is 4.79 Å². The number of amides is 1. The maximum Gasteiger partial charge on any atom is 0.258 e. The molecule has 2 aromatic carbocycles. The number of hydrogen-bond donors (Lipinski definition) is 1. The Bertz CT molecular complexity index is 735. The molecule has 1 aliphatic carbocycles. The molecule has 25 heavy (non-hydrogen) atoms. The molecule has 1 amide bonds. The predicted molar refractivity (Wildman–Crippen MR) is 98.0 cm³/mol. The summed E-state index contributed by atoms with van der Waals surface area (Å²) in [4.78, 5) is 12.3. The van der Waals surface area contributed by atoms with Gasteiger partial charge in [-0.05, 0) is 73.6 Å². The predicted octanol–water partition coefficient (Wildman–Crippen LogP) is 3.96. The molecule has 0 saturated heterocycles. The summed E-state index contributed by atoms with van der Waals surface area (Å²) in [5.74, 6) is 1.97. The highest BCUT2D eigenvalue weighted by molar-refractivity contribution is 5.78. The van der Waals surface area contributed by atoms with E-state index in [1.165, 1.54) is 5.56 Å². The summed E-state index contributed by atoms with van der Waals surface area (Å²) >= 11 is 0. The van der Waals surface area contributed by atoms with Crippen LogP contribution in [0.5, 0.6) is 11.5 Å². The Morgan fingerprint density at radius 1 is 1.08 bits per heavy atom. The second kappa shape index (κ2) is 7.60. The summed E-state index contributed by atoms with van der Waals surface area (Å²) < 4.78 is 10.8. The molecule has 4 heteroatoms. The Kier molecular flexibility index (Phi) is 5.27. The highest BCUT2D eigenvalue weighted by Gasteiger charge is 2.33. The van der Waals surface area contributed by atoms with Gasteiger partial charge in [0.2, 0.25) is 0 Å². The minimum absolute atomic E-state index is 0.0296. The zero-order chi connectivity index (χ0) is 17.8. The molecule has 132 valence electrons. The molecule has 1 saturated carbocycles. The van der Waals surface area contributed by atoms with Crippen molar-refractivity contribution in [2.24, 2.45) is 5.92 Å². The van der Waals surface area contributed by atoms with E-state index in [-0.39, 0.29) is 18.6 Å². The van der Waals surface area contributed by atoms with E-state index >= 15 is 0 Å². The van der Waals surface area contributed by atoms with Gasteiger partial charge in [-0.15, -0.1) is 0 Å². The summed E-state index contributed by atoms with van der Waals surface area (Å²) in [6.45, 7) is 4.12. The Labute approximate surface area is 149 Å². The standard InChI is InChI=1S/C21H25NO3/c1-14-4-9-19(12-15(14)2)25-13-20(23)22-21(16-5-6-16)17-7-10-18(24-3)11-8-17/h4,7-12,16,21H,5-6,13H2,1-3H3,(H,22,23). The van der Waals surface area contributed by atoms with E-state index < -0.39 is 0 Å². The van der Waals surface area contributed by atoms with E-state index in [9.17, 15) is 4.79 Å². The third-order valence-corrected chi connectivity index (χ3v) is 4.73. The highest BCUT2D eigenvalue weighted by Crippen LogP contribution is 2.41. The van der Waals surface area contributed by atoms with Gasteiger partial charge in [0.05, 0.1) is 13.2 Å². The number of nitrogens with one attached hydrogen (secondary N) is 1. The average molecular weight is 339 g/mol. The Morgan fingerprint density at radius 2 is 1.76 bits per heavy atom. The van der Waals surface area contributed by atoms with Gasteiger partial charge in [-0.2, -0.15) is 0 Å². The van der Waals surface area contributed by atoms with Crippen LogP contribution in [0.4, 0.5) is 0 Å². The number of rotatable bonds is 7. The highest BCUT2D eigenvalue weighted by atomic mass is 16.5. The molecular weight excluding hydrogens is 314 g/mol. The van der Waals surface area contributed by atoms with E-state index in [0.717, 1.165) is 35.5 Å². The van der Waals surface area contributed by atoms with Gasteiger partial charge >= 0.3 is 0 Å². The average Bonchev–Trinajstić information content (AvgIpc) is 3.46. The third kappa shape index (κ3) is 4.53. The molecule has 1 N–H and O–H groups in total. The minimum Gasteiger partial charge on any atom is -0.497 e. The summed E-state index contributed by atoms with van der Waals surface area (Å²) in [6.07, 6.45) is 2.30. The lowest BCUT2D eigenvalue weighted by molar-refractivity contribution is -0.124. The van der Waals surface area contributed by atoms with Crippen molar-refractivity contribution >= 4 is 5.91 Å². The Hall–Kier alpha value is -2.49. The zero-order valence-electron chi connectivity index (χ0n) is 15.0. The third-order valence-electron chi connectivity index (χ3n) is 4.73. The second-order valence-electron chi connectivity index (χ2n) is 6.69. The van der Waals surface area contributed by atoms with Crippen LogP contribution in [-0.4, -0.2) is 19.6 Å². The summed E-state index contributed by atoms with van der Waals surface area (Å²) in [7, 11) is 1.65. The van der Waals surface area contributed by atoms with Crippen molar-refractivity contribution in [1.29, 1.82) is 0 Å². The molecule has 1 fully saturated rings. The van der Waals surface area contributed by atoms with Crippen LogP contribution in [0.2, 0.25) is 0 Å². The van der Waals surface area contributed by atoms with Crippen LogP contribution in [0.1, 0.15) is 35.6 Å². The first-order valence-electron chi connectivity index (χ1n) is 8.70. The number of carbonyl (C=O) groups excluding carboxylic acids is 1. The first-order valence-corrected chi connectivity index (χ1v) is 8.70. The van der Waals surface area contributed by atoms with E-state index in [1.807, 2.05) is 49.4 Å². The molecule has 1 aliphatic rings. The minimum atomic E-state index is -0.0917. The first kappa shape index (κ1) is 17.3. The number of carbonyl (C=O) groups is 1. The molecule has 1 atom stereocenters. The summed E-state index contributed by atoms with van der Waals surface area (Å²) in [5.41, 5.74) is 3.49. The molecule has 0 heterocycles. The van der Waals surface area contributed by atoms with Crippen molar-refractivity contribution in [3.63, 3.8) is 0 Å². The molecule has 1 unspecified atom stereocenters. The van der Waals surface area contributed by atoms with E-state index in [1.54, 1.807) is 7.11 Å². The lowest BCUT2D eigenvalue weighted by Crippen LogP contribution is -2.33. The van der Waals surface area contributed by atoms with E-state index in [2.05, 4.69) is 12.2 Å². The van der Waals surface area contributed by atoms with Crippen LogP contribution in [0, 0.1) is 19.8 Å². The van der Waals surface area contributed by atoms with Gasteiger partial charge in [0.15, 0.2) is 6.61 Å². The number of hydrogen-bond acceptors (Lipinski definition) is 3. The van der Waals surface area contributed by atoms with Crippen molar-refractivity contribution in [2.45, 2.75) is 32.7 Å². The largest absolute Gasteiger partial charge is 0.497 e. The topological polar surface area (TPSA) is 47.6 Å². The van der Waals surface area contributed by atoms with Crippen molar-refractivity contribution in [2.75, 3.05) is 13.7 Å². The number of ether oxygens (including phenoxy) is 2. The van der Waals surface area contributed by atoms with Crippen molar-refractivity contribution < 1.29 is 14.3 Å². The van der Waals surface area contributed by atoms with E-state index in [4.69, 9.17) is 9.47 Å². The van der Waals surface area contributed by atoms with Gasteiger partial charge in [0.1, 0.15) is 11.5 Å². The lowest BCUT2D eigenvalue weighted by Gasteiger charge is -2.19. The summed E-state index contributed by atoms with van der Waals surface area (Å²) in [6, 6.07) is 13.8. The molecule has 0 radical (unpaired) electrons. The van der Waals surface area contributed by atoms with Crippen molar-refractivity contribution in [1.82, 2.24) is 5.32 Å². The zero-order valence-corrected chi connectivity index (χ0v) is 15.0. The quantitative estimate of drug-likeness (QED) is 0.831. The molecule has 0 bridgehead atoms. The fraction of sp³-hybridized carbons (Fsp3) is 0.381. The van der Waals surface area contributed by atoms with Crippen molar-refractivity contribution in [3.8, 4) is 11.5 Å². The summed E-state index contributed by atoms with van der Waals surface area (Å²) in [5, 5.41) is 3.12. The monoisotopic (exact) mass is 339 g/mol. The van der Waals surface area contributed by atoms with Crippen LogP contribution < -0.4 is 14.8 Å². The Balaban J connectivity index is 1.59. The lowest BCUT2D eigenvalue weighted by atomic mass is 10.0. The maximum absolute atomic E-state index is 12.3. The number of aryl methyl sites for hydroxylation is 2. The van der Waals surface area contributed by atoms with E-state index in [0.29, 0.717) is 5.92 Å². The van der Waals surface area contributed by atoms with Gasteiger partial charge in [0, 0.05) is 0 Å². The van der Waals surface area contributed by atoms with Gasteiger partial charge < -0.3 is 14.8 Å². The van der Waals surface area contributed by atoms with Gasteiger partial charge in [-0.25, -0.2) is 0 Å². The first-order chi connectivity index (χ1) is 12.1. The van der Waals surface area contributed by atoms with Gasteiger partial charge in [-0.1, -0.05) is 18.2 Å². The molecule has 0 aromatic heterocycles. The molecular formula is C21H25NO3. The van der Waals surface area contributed by atoms with Gasteiger partial charge in [0.25, 0.3) is 5.91 Å². The maximum atomic E-state index is 12.3. The SMILES string of the molecule is COc1ccc(C(NC(=O)COc2ccc(C)c(C)c2)C2CC2)cc1. The van der Waals surface area contributed by atoms with Crippen molar-refractivity contribution in [3.05, 3.63) is 59.2 Å². The second-order valence-corrected chi connectivity index (χ2v) is 6.69. The normalized spacial score (nSPS) is 14.7. The number of methoxy groups -OCH3 is 1.